The first kappa shape index (κ1) is 12.4. The highest BCUT2D eigenvalue weighted by molar-refractivity contribution is 5.92. The van der Waals surface area contributed by atoms with Crippen LogP contribution in [0.5, 0.6) is 0 Å². The molecule has 1 saturated heterocycles. The zero-order chi connectivity index (χ0) is 13.4. The lowest BCUT2D eigenvalue weighted by molar-refractivity contribution is 0.344. The Kier molecular flexibility index (Phi) is 3.11. The summed E-state index contributed by atoms with van der Waals surface area (Å²) in [6.07, 6.45) is 0. The first-order chi connectivity index (χ1) is 9.13. The molecule has 3 nitrogen and oxygen atoms in total. The van der Waals surface area contributed by atoms with Gasteiger partial charge in [-0.1, -0.05) is 0 Å². The summed E-state index contributed by atoms with van der Waals surface area (Å²) in [4.78, 5) is 8.67. The van der Waals surface area contributed by atoms with Gasteiger partial charge in [-0.3, -0.25) is 12.0 Å². The van der Waals surface area contributed by atoms with Crippen LogP contribution in [0.25, 0.3) is 10.9 Å². The summed E-state index contributed by atoms with van der Waals surface area (Å²) < 4.78 is 13.8. The van der Waals surface area contributed by atoms with Crippen LogP contribution < -0.4 is 4.90 Å². The number of hydrogen-bond donors (Lipinski definition) is 0. The van der Waals surface area contributed by atoms with Crippen molar-refractivity contribution < 1.29 is 4.39 Å². The van der Waals surface area contributed by atoms with E-state index in [2.05, 4.69) is 16.9 Å². The molecule has 0 unspecified atom stereocenters. The van der Waals surface area contributed by atoms with Gasteiger partial charge in [-0.2, -0.15) is 0 Å². The minimum atomic E-state index is -0.224. The lowest BCUT2D eigenvalue weighted by Gasteiger charge is -2.38. The molecule has 0 aliphatic carbocycles. The monoisotopic (exact) mass is 258 g/mol. The van der Waals surface area contributed by atoms with E-state index >= 15 is 0 Å². The van der Waals surface area contributed by atoms with Gasteiger partial charge in [-0.05, 0) is 38.2 Å². The molecule has 2 heterocycles. The molecule has 3 rings (SSSR count). The van der Waals surface area contributed by atoms with E-state index in [0.29, 0.717) is 0 Å². The minimum absolute atomic E-state index is 0.224. The second-order valence-electron chi connectivity index (χ2n) is 5.05. The van der Waals surface area contributed by atoms with Gasteiger partial charge in [0.05, 0.1) is 5.52 Å². The molecule has 0 amide bonds. The lowest BCUT2D eigenvalue weighted by atomic mass is 10.1. The second-order valence-corrected chi connectivity index (χ2v) is 5.05. The quantitative estimate of drug-likeness (QED) is 0.733. The first-order valence-electron chi connectivity index (χ1n) is 6.51. The Morgan fingerprint density at radius 2 is 1.89 bits per heavy atom. The van der Waals surface area contributed by atoms with Gasteiger partial charge < -0.3 is 9.80 Å². The molecule has 1 fully saturated rings. The largest absolute Gasteiger partial charge is 0.456 e. The summed E-state index contributed by atoms with van der Waals surface area (Å²) >= 11 is 0. The number of nitrogens with zero attached hydrogens (tertiary/aromatic N) is 3. The maximum absolute atomic E-state index is 13.8. The minimum Gasteiger partial charge on any atom is -0.456 e. The van der Waals surface area contributed by atoms with Crippen molar-refractivity contribution in [2.24, 2.45) is 0 Å². The number of hydrogen-bond acceptors (Lipinski definition) is 3. The smallest absolute Gasteiger partial charge is 0.127 e. The van der Waals surface area contributed by atoms with Gasteiger partial charge in [0.2, 0.25) is 0 Å². The van der Waals surface area contributed by atoms with Crippen molar-refractivity contribution in [1.29, 1.82) is 0 Å². The van der Waals surface area contributed by atoms with E-state index in [-0.39, 0.29) is 5.82 Å². The third-order valence-electron chi connectivity index (χ3n) is 3.60. The van der Waals surface area contributed by atoms with Gasteiger partial charge in [0.1, 0.15) is 5.82 Å². The van der Waals surface area contributed by atoms with Crippen LogP contribution in [0.2, 0.25) is 0 Å². The third-order valence-corrected chi connectivity index (χ3v) is 3.60. The molecule has 1 aliphatic rings. The Morgan fingerprint density at radius 3 is 2.63 bits per heavy atom. The van der Waals surface area contributed by atoms with Crippen molar-refractivity contribution in [2.45, 2.75) is 6.92 Å². The molecule has 0 atom stereocenters. The number of fused-ring (bicyclic) bond motifs is 1. The molecule has 100 valence electrons. The van der Waals surface area contributed by atoms with Crippen molar-refractivity contribution in [3.8, 4) is 0 Å². The molecule has 0 radical (unpaired) electrons. The average Bonchev–Trinajstić information content (AvgIpc) is 2.38. The summed E-state index contributed by atoms with van der Waals surface area (Å²) in [6.45, 7) is 5.46. The van der Waals surface area contributed by atoms with Crippen molar-refractivity contribution in [3.05, 3.63) is 42.8 Å². The van der Waals surface area contributed by atoms with E-state index in [9.17, 15) is 4.39 Å². The Bertz CT molecular complexity index is 598. The molecule has 1 aromatic heterocycles. The molecule has 19 heavy (non-hydrogen) atoms. The zero-order valence-electron chi connectivity index (χ0n) is 11.1. The van der Waals surface area contributed by atoms with E-state index in [1.165, 1.54) is 6.07 Å². The number of aryl methyl sites for hydroxylation is 1. The van der Waals surface area contributed by atoms with Gasteiger partial charge in [-0.15, -0.1) is 0 Å². The summed E-state index contributed by atoms with van der Waals surface area (Å²) in [5.74, 6) is -0.224. The highest BCUT2D eigenvalue weighted by Gasteiger charge is 2.15. The van der Waals surface area contributed by atoms with Gasteiger partial charge in [0, 0.05) is 35.9 Å². The lowest BCUT2D eigenvalue weighted by Crippen LogP contribution is -2.43. The molecule has 0 spiro atoms. The van der Waals surface area contributed by atoms with E-state index in [4.69, 9.17) is 0 Å². The predicted octanol–water partition coefficient (Wildman–Crippen LogP) is 2.60. The van der Waals surface area contributed by atoms with Crippen molar-refractivity contribution in [1.82, 2.24) is 9.88 Å². The van der Waals surface area contributed by atoms with Crippen molar-refractivity contribution in [3.63, 3.8) is 0 Å². The first-order valence-corrected chi connectivity index (χ1v) is 6.51. The zero-order valence-corrected chi connectivity index (χ0v) is 11.1. The highest BCUT2D eigenvalue weighted by Crippen LogP contribution is 2.28. The fourth-order valence-corrected chi connectivity index (χ4v) is 2.53. The standard InChI is InChI=1S/C15H17FN3/c1-11-3-4-13-14(17-11)9-12(16)10-15(13)19-7-5-18(2)6-8-19/h3-4,9-10H,2,5-8H2,1H3/q-1. The number of pyridine rings is 1. The van der Waals surface area contributed by atoms with Crippen LogP contribution in [0, 0.1) is 19.8 Å². The summed E-state index contributed by atoms with van der Waals surface area (Å²) in [7, 11) is 3.94. The number of benzene rings is 1. The number of aromatic nitrogens is 1. The summed E-state index contributed by atoms with van der Waals surface area (Å²) in [5, 5.41) is 1.02. The topological polar surface area (TPSA) is 19.4 Å². The van der Waals surface area contributed by atoms with E-state index in [1.807, 2.05) is 24.0 Å². The van der Waals surface area contributed by atoms with Crippen LogP contribution in [-0.2, 0) is 0 Å². The Morgan fingerprint density at radius 1 is 1.16 bits per heavy atom. The molecular formula is C15H17FN3-. The Hall–Kier alpha value is -1.68. The van der Waals surface area contributed by atoms with Gasteiger partial charge in [-0.25, -0.2) is 4.39 Å². The fraction of sp³-hybridized carbons (Fsp3) is 0.333. The maximum Gasteiger partial charge on any atom is 0.127 e. The number of halogens is 1. The van der Waals surface area contributed by atoms with Crippen molar-refractivity contribution in [2.75, 3.05) is 31.1 Å². The van der Waals surface area contributed by atoms with E-state index in [0.717, 1.165) is 48.5 Å². The normalized spacial score (nSPS) is 17.1. The summed E-state index contributed by atoms with van der Waals surface area (Å²) in [5.41, 5.74) is 2.58. The van der Waals surface area contributed by atoms with Crippen LogP contribution in [0.15, 0.2) is 24.3 Å². The van der Waals surface area contributed by atoms with Crippen LogP contribution in [0.3, 0.4) is 0 Å². The van der Waals surface area contributed by atoms with Gasteiger partial charge in [0.15, 0.2) is 0 Å². The Balaban J connectivity index is 2.07. The molecule has 4 heteroatoms. The number of rotatable bonds is 1. The summed E-state index contributed by atoms with van der Waals surface area (Å²) in [6, 6.07) is 7.12. The molecule has 2 aromatic rings. The van der Waals surface area contributed by atoms with Gasteiger partial charge >= 0.3 is 0 Å². The maximum atomic E-state index is 13.8. The van der Waals surface area contributed by atoms with Crippen LogP contribution in [0.4, 0.5) is 10.1 Å². The number of anilines is 1. The van der Waals surface area contributed by atoms with Gasteiger partial charge in [0.25, 0.3) is 0 Å². The fourth-order valence-electron chi connectivity index (χ4n) is 2.53. The number of piperazine rings is 1. The predicted molar refractivity (Wildman–Crippen MR) is 75.6 cm³/mol. The van der Waals surface area contributed by atoms with Crippen LogP contribution in [0.1, 0.15) is 5.69 Å². The van der Waals surface area contributed by atoms with Crippen LogP contribution >= 0.6 is 0 Å². The molecule has 0 N–H and O–H groups in total. The second kappa shape index (κ2) is 4.78. The van der Waals surface area contributed by atoms with E-state index in [1.54, 1.807) is 6.07 Å². The Labute approximate surface area is 112 Å². The SMILES string of the molecule is [CH2-]N1CCN(c2cc(F)cc3nc(C)ccc23)CC1. The molecule has 0 saturated carbocycles. The van der Waals surface area contributed by atoms with Crippen LogP contribution in [-0.4, -0.2) is 36.1 Å². The molecule has 1 aromatic carbocycles. The average molecular weight is 258 g/mol. The molecule has 0 bridgehead atoms. The van der Waals surface area contributed by atoms with Crippen molar-refractivity contribution >= 4 is 16.6 Å². The highest BCUT2D eigenvalue weighted by atomic mass is 19.1. The van der Waals surface area contributed by atoms with E-state index < -0.39 is 0 Å². The molecular weight excluding hydrogens is 241 g/mol. The third kappa shape index (κ3) is 2.40. The molecule has 1 aliphatic heterocycles.